The molecule has 1 saturated heterocycles. The topological polar surface area (TPSA) is 53.9 Å². The SMILES string of the molecule is Cc1nnc([C@@H](C)c2ccc(F)cc2)c(NC2CCN(C)CC2)n1. The van der Waals surface area contributed by atoms with E-state index in [-0.39, 0.29) is 11.7 Å². The summed E-state index contributed by atoms with van der Waals surface area (Å²) in [5.74, 6) is 1.22. The third-order valence-corrected chi connectivity index (χ3v) is 4.66. The van der Waals surface area contributed by atoms with Crippen LogP contribution in [0.1, 0.15) is 42.8 Å². The van der Waals surface area contributed by atoms with Crippen LogP contribution in [0, 0.1) is 12.7 Å². The molecule has 2 aromatic rings. The van der Waals surface area contributed by atoms with Gasteiger partial charge in [0, 0.05) is 12.0 Å². The summed E-state index contributed by atoms with van der Waals surface area (Å²) in [6.07, 6.45) is 2.17. The van der Waals surface area contributed by atoms with E-state index in [4.69, 9.17) is 0 Å². The van der Waals surface area contributed by atoms with Gasteiger partial charge in [-0.25, -0.2) is 9.37 Å². The molecule has 24 heavy (non-hydrogen) atoms. The van der Waals surface area contributed by atoms with Crippen LogP contribution in [-0.4, -0.2) is 46.3 Å². The van der Waals surface area contributed by atoms with Crippen LogP contribution in [0.4, 0.5) is 10.2 Å². The van der Waals surface area contributed by atoms with Gasteiger partial charge in [0.2, 0.25) is 0 Å². The molecule has 0 amide bonds. The lowest BCUT2D eigenvalue weighted by Crippen LogP contribution is -2.37. The van der Waals surface area contributed by atoms with Gasteiger partial charge in [0.05, 0.1) is 0 Å². The predicted octanol–water partition coefficient (Wildman–Crippen LogP) is 2.98. The zero-order valence-electron chi connectivity index (χ0n) is 14.5. The second-order valence-electron chi connectivity index (χ2n) is 6.59. The highest BCUT2D eigenvalue weighted by molar-refractivity contribution is 5.46. The highest BCUT2D eigenvalue weighted by Crippen LogP contribution is 2.28. The number of anilines is 1. The van der Waals surface area contributed by atoms with E-state index in [9.17, 15) is 4.39 Å². The zero-order chi connectivity index (χ0) is 17.1. The monoisotopic (exact) mass is 329 g/mol. The lowest BCUT2D eigenvalue weighted by molar-refractivity contribution is 0.263. The Bertz CT molecular complexity index is 680. The van der Waals surface area contributed by atoms with E-state index in [0.29, 0.717) is 11.9 Å². The highest BCUT2D eigenvalue weighted by Gasteiger charge is 2.22. The number of nitrogens with zero attached hydrogens (tertiary/aromatic N) is 4. The highest BCUT2D eigenvalue weighted by atomic mass is 19.1. The molecule has 1 aromatic heterocycles. The standard InChI is InChI=1S/C18H24FN5/c1-12(14-4-6-15(19)7-5-14)17-18(20-13(2)22-23-17)21-16-8-10-24(3)11-9-16/h4-7,12,16H,8-11H2,1-3H3,(H,20,21,22)/t12-/m0/s1. The first-order valence-corrected chi connectivity index (χ1v) is 8.44. The Labute approximate surface area is 142 Å². The number of aromatic nitrogens is 3. The van der Waals surface area contributed by atoms with Crippen LogP contribution < -0.4 is 5.32 Å². The van der Waals surface area contributed by atoms with E-state index in [2.05, 4.69) is 32.4 Å². The molecule has 0 radical (unpaired) electrons. The van der Waals surface area contributed by atoms with Crippen molar-refractivity contribution in [3.8, 4) is 0 Å². The van der Waals surface area contributed by atoms with E-state index in [1.165, 1.54) is 12.1 Å². The fraction of sp³-hybridized carbons (Fsp3) is 0.500. The van der Waals surface area contributed by atoms with Crippen molar-refractivity contribution in [2.45, 2.75) is 38.6 Å². The molecule has 0 spiro atoms. The van der Waals surface area contributed by atoms with Crippen molar-refractivity contribution in [2.24, 2.45) is 0 Å². The molecule has 6 heteroatoms. The molecule has 1 aliphatic rings. The summed E-state index contributed by atoms with van der Waals surface area (Å²) in [5, 5.41) is 12.1. The number of halogens is 1. The van der Waals surface area contributed by atoms with Gasteiger partial charge in [0.15, 0.2) is 5.82 Å². The van der Waals surface area contributed by atoms with Gasteiger partial charge in [-0.3, -0.25) is 0 Å². The number of benzene rings is 1. The van der Waals surface area contributed by atoms with Crippen molar-refractivity contribution < 1.29 is 4.39 Å². The van der Waals surface area contributed by atoms with Crippen LogP contribution >= 0.6 is 0 Å². The molecule has 0 saturated carbocycles. The first kappa shape index (κ1) is 16.8. The van der Waals surface area contributed by atoms with Gasteiger partial charge in [0.1, 0.15) is 17.3 Å². The Morgan fingerprint density at radius 2 is 1.83 bits per heavy atom. The number of likely N-dealkylation sites (tertiary alicyclic amines) is 1. The summed E-state index contributed by atoms with van der Waals surface area (Å²) >= 11 is 0. The Morgan fingerprint density at radius 3 is 2.50 bits per heavy atom. The van der Waals surface area contributed by atoms with Gasteiger partial charge in [-0.05, 0) is 57.6 Å². The number of piperidine rings is 1. The molecule has 1 aromatic carbocycles. The number of nitrogens with one attached hydrogen (secondary N) is 1. The molecule has 5 nitrogen and oxygen atoms in total. The first-order valence-electron chi connectivity index (χ1n) is 8.44. The molecule has 0 bridgehead atoms. The van der Waals surface area contributed by atoms with Gasteiger partial charge in [-0.15, -0.1) is 10.2 Å². The van der Waals surface area contributed by atoms with Crippen molar-refractivity contribution in [3.63, 3.8) is 0 Å². The summed E-state index contributed by atoms with van der Waals surface area (Å²) in [4.78, 5) is 6.92. The van der Waals surface area contributed by atoms with Crippen molar-refractivity contribution in [2.75, 3.05) is 25.5 Å². The first-order chi connectivity index (χ1) is 11.5. The van der Waals surface area contributed by atoms with Gasteiger partial charge < -0.3 is 10.2 Å². The summed E-state index contributed by atoms with van der Waals surface area (Å²) < 4.78 is 13.2. The van der Waals surface area contributed by atoms with E-state index >= 15 is 0 Å². The molecule has 0 unspecified atom stereocenters. The van der Waals surface area contributed by atoms with Crippen molar-refractivity contribution in [3.05, 3.63) is 47.2 Å². The molecule has 1 aliphatic heterocycles. The molecular weight excluding hydrogens is 305 g/mol. The fourth-order valence-electron chi connectivity index (χ4n) is 3.07. The minimum Gasteiger partial charge on any atom is -0.366 e. The van der Waals surface area contributed by atoms with Gasteiger partial charge >= 0.3 is 0 Å². The Balaban J connectivity index is 1.83. The third-order valence-electron chi connectivity index (χ3n) is 4.66. The maximum atomic E-state index is 13.2. The Hall–Kier alpha value is -2.08. The molecule has 0 aliphatic carbocycles. The number of rotatable bonds is 4. The summed E-state index contributed by atoms with van der Waals surface area (Å²) in [6, 6.07) is 6.94. The summed E-state index contributed by atoms with van der Waals surface area (Å²) in [6.45, 7) is 6.06. The van der Waals surface area contributed by atoms with Crippen LogP contribution in [0.3, 0.4) is 0 Å². The van der Waals surface area contributed by atoms with E-state index in [1.54, 1.807) is 12.1 Å². The van der Waals surface area contributed by atoms with E-state index < -0.39 is 0 Å². The van der Waals surface area contributed by atoms with Crippen LogP contribution in [0.25, 0.3) is 0 Å². The maximum absolute atomic E-state index is 13.2. The summed E-state index contributed by atoms with van der Waals surface area (Å²) in [5.41, 5.74) is 1.81. The van der Waals surface area contributed by atoms with Crippen LogP contribution in [-0.2, 0) is 0 Å². The molecule has 3 rings (SSSR count). The molecule has 1 fully saturated rings. The minimum absolute atomic E-state index is 0.0000332. The smallest absolute Gasteiger partial charge is 0.152 e. The van der Waals surface area contributed by atoms with Crippen LogP contribution in [0.15, 0.2) is 24.3 Å². The molecule has 2 heterocycles. The van der Waals surface area contributed by atoms with E-state index in [1.807, 2.05) is 13.8 Å². The van der Waals surface area contributed by atoms with Gasteiger partial charge in [0.25, 0.3) is 0 Å². The van der Waals surface area contributed by atoms with Crippen molar-refractivity contribution >= 4 is 5.82 Å². The number of aryl methyl sites for hydroxylation is 1. The molecule has 1 atom stereocenters. The van der Waals surface area contributed by atoms with Crippen LogP contribution in [0.2, 0.25) is 0 Å². The zero-order valence-corrected chi connectivity index (χ0v) is 14.5. The second kappa shape index (κ2) is 7.21. The molecular formula is C18H24FN5. The second-order valence-corrected chi connectivity index (χ2v) is 6.59. The largest absolute Gasteiger partial charge is 0.366 e. The molecule has 1 N–H and O–H groups in total. The third kappa shape index (κ3) is 3.87. The van der Waals surface area contributed by atoms with Crippen molar-refractivity contribution in [1.29, 1.82) is 0 Å². The van der Waals surface area contributed by atoms with Gasteiger partial charge in [-0.2, -0.15) is 0 Å². The lowest BCUT2D eigenvalue weighted by atomic mass is 9.97. The lowest BCUT2D eigenvalue weighted by Gasteiger charge is -2.30. The fourth-order valence-corrected chi connectivity index (χ4v) is 3.07. The Morgan fingerprint density at radius 1 is 1.17 bits per heavy atom. The van der Waals surface area contributed by atoms with E-state index in [0.717, 1.165) is 43.0 Å². The minimum atomic E-state index is -0.233. The quantitative estimate of drug-likeness (QED) is 0.934. The maximum Gasteiger partial charge on any atom is 0.152 e. The average molecular weight is 329 g/mol. The summed E-state index contributed by atoms with van der Waals surface area (Å²) in [7, 11) is 2.15. The van der Waals surface area contributed by atoms with Gasteiger partial charge in [-0.1, -0.05) is 19.1 Å². The predicted molar refractivity (Wildman–Crippen MR) is 92.6 cm³/mol. The normalized spacial score (nSPS) is 17.7. The van der Waals surface area contributed by atoms with Crippen LogP contribution in [0.5, 0.6) is 0 Å². The Kier molecular flexibility index (Phi) is 5.04. The molecule has 128 valence electrons. The average Bonchev–Trinajstić information content (AvgIpc) is 2.57. The number of hydrogen-bond acceptors (Lipinski definition) is 5. The number of hydrogen-bond donors (Lipinski definition) is 1. The van der Waals surface area contributed by atoms with Crippen molar-refractivity contribution in [1.82, 2.24) is 20.1 Å².